The van der Waals surface area contributed by atoms with Crippen molar-refractivity contribution in [3.63, 3.8) is 0 Å². The Balaban J connectivity index is 1.38. The molecule has 0 radical (unpaired) electrons. The summed E-state index contributed by atoms with van der Waals surface area (Å²) in [7, 11) is -3.61. The van der Waals surface area contributed by atoms with Crippen LogP contribution in [0.2, 0.25) is 0 Å². The highest BCUT2D eigenvalue weighted by molar-refractivity contribution is 7.89. The molecular weight excluding hydrogens is 496 g/mol. The van der Waals surface area contributed by atoms with Crippen molar-refractivity contribution in [3.8, 4) is 11.5 Å². The first-order chi connectivity index (χ1) is 17.6. The molecule has 10 nitrogen and oxygen atoms in total. The molecule has 1 saturated heterocycles. The summed E-state index contributed by atoms with van der Waals surface area (Å²) in [5.41, 5.74) is 0.528. The second-order valence-corrected chi connectivity index (χ2v) is 11.7. The van der Waals surface area contributed by atoms with Gasteiger partial charge in [0.15, 0.2) is 0 Å². The van der Waals surface area contributed by atoms with E-state index in [1.54, 1.807) is 24.3 Å². The molecule has 37 heavy (non-hydrogen) atoms. The minimum atomic E-state index is -3.61. The lowest BCUT2D eigenvalue weighted by Crippen LogP contribution is -2.42. The van der Waals surface area contributed by atoms with Crippen molar-refractivity contribution in [3.05, 3.63) is 48.5 Å². The first-order valence-corrected chi connectivity index (χ1v) is 14.0. The summed E-state index contributed by atoms with van der Waals surface area (Å²) in [4.78, 5) is 12.1. The van der Waals surface area contributed by atoms with E-state index in [9.17, 15) is 23.4 Å². The highest BCUT2D eigenvalue weighted by atomic mass is 32.2. The Morgan fingerprint density at radius 3 is 2.32 bits per heavy atom. The number of piperidine rings is 1. The molecule has 1 aliphatic heterocycles. The van der Waals surface area contributed by atoms with Crippen molar-refractivity contribution < 1.29 is 28.2 Å². The third kappa shape index (κ3) is 9.19. The maximum absolute atomic E-state index is 13.1. The van der Waals surface area contributed by atoms with Gasteiger partial charge >= 0.3 is 6.03 Å². The highest BCUT2D eigenvalue weighted by Gasteiger charge is 2.29. The number of aliphatic hydroxyl groups is 1. The van der Waals surface area contributed by atoms with E-state index in [1.165, 1.54) is 28.6 Å². The van der Waals surface area contributed by atoms with Crippen molar-refractivity contribution in [1.82, 2.24) is 14.9 Å². The smallest absolute Gasteiger partial charge is 0.319 e. The Morgan fingerprint density at radius 2 is 1.70 bits per heavy atom. The topological polar surface area (TPSA) is 140 Å². The zero-order valence-corrected chi connectivity index (χ0v) is 22.2. The second-order valence-electron chi connectivity index (χ2n) is 9.72. The molecule has 1 aliphatic rings. The average Bonchev–Trinajstić information content (AvgIpc) is 2.88. The number of rotatable bonds is 12. The van der Waals surface area contributed by atoms with Crippen LogP contribution in [-0.2, 0) is 10.0 Å². The number of urea groups is 1. The Hall–Kier alpha value is -2.86. The van der Waals surface area contributed by atoms with Crippen molar-refractivity contribution in [2.75, 3.05) is 44.6 Å². The van der Waals surface area contributed by atoms with Gasteiger partial charge in [-0.25, -0.2) is 13.2 Å². The second kappa shape index (κ2) is 13.6. The maximum Gasteiger partial charge on any atom is 0.319 e. The summed E-state index contributed by atoms with van der Waals surface area (Å²) >= 11 is 0. The molecule has 5 N–H and O–H groups in total. The number of phenols is 1. The van der Waals surface area contributed by atoms with E-state index in [2.05, 4.69) is 16.0 Å². The number of benzene rings is 2. The number of aromatic hydroxyl groups is 1. The molecular formula is C26H38N4O6S. The molecule has 1 atom stereocenters. The molecule has 0 aliphatic carbocycles. The Morgan fingerprint density at radius 1 is 1.05 bits per heavy atom. The fourth-order valence-electron chi connectivity index (χ4n) is 3.93. The van der Waals surface area contributed by atoms with Crippen molar-refractivity contribution >= 4 is 21.7 Å². The van der Waals surface area contributed by atoms with Gasteiger partial charge in [0, 0.05) is 31.9 Å². The third-order valence-electron chi connectivity index (χ3n) is 6.09. The lowest BCUT2D eigenvalue weighted by atomic mass is 9.98. The van der Waals surface area contributed by atoms with Crippen molar-refractivity contribution in [1.29, 1.82) is 0 Å². The Kier molecular flexibility index (Phi) is 10.6. The highest BCUT2D eigenvalue weighted by Crippen LogP contribution is 2.24. The molecule has 2 aromatic carbocycles. The summed E-state index contributed by atoms with van der Waals surface area (Å²) in [6.07, 6.45) is 0.761. The van der Waals surface area contributed by atoms with Crippen molar-refractivity contribution in [2.45, 2.75) is 37.7 Å². The molecule has 0 spiro atoms. The van der Waals surface area contributed by atoms with Gasteiger partial charge < -0.3 is 30.9 Å². The van der Waals surface area contributed by atoms with Crippen LogP contribution in [0.3, 0.4) is 0 Å². The molecule has 0 saturated carbocycles. The van der Waals surface area contributed by atoms with E-state index in [-0.39, 0.29) is 23.3 Å². The molecule has 0 bridgehead atoms. The molecule has 3 rings (SSSR count). The summed E-state index contributed by atoms with van der Waals surface area (Å²) in [5.74, 6) is 1.37. The normalized spacial score (nSPS) is 15.9. The van der Waals surface area contributed by atoms with Crippen LogP contribution in [0.15, 0.2) is 53.4 Å². The van der Waals surface area contributed by atoms with Crippen LogP contribution >= 0.6 is 0 Å². The van der Waals surface area contributed by atoms with Crippen LogP contribution in [0.25, 0.3) is 0 Å². The predicted molar refractivity (Wildman–Crippen MR) is 142 cm³/mol. The number of phenolic OH excluding ortho intramolecular Hbond substituents is 1. The monoisotopic (exact) mass is 534 g/mol. The van der Waals surface area contributed by atoms with E-state index in [1.807, 2.05) is 13.8 Å². The van der Waals surface area contributed by atoms with Gasteiger partial charge in [-0.05, 0) is 79.8 Å². The van der Waals surface area contributed by atoms with E-state index >= 15 is 0 Å². The number of nitrogens with one attached hydrogen (secondary N) is 3. The Labute approximate surface area is 219 Å². The largest absolute Gasteiger partial charge is 0.508 e. The predicted octanol–water partition coefficient (Wildman–Crippen LogP) is 2.60. The fraction of sp³-hybridized carbons (Fsp3) is 0.500. The van der Waals surface area contributed by atoms with Gasteiger partial charge in [0.25, 0.3) is 0 Å². The summed E-state index contributed by atoms with van der Waals surface area (Å²) in [6, 6.07) is 12.2. The Bertz CT molecular complexity index is 1090. The average molecular weight is 535 g/mol. The molecule has 204 valence electrons. The SMILES string of the molecule is CC(C)CNC(=O)Nc1ccc(S(=O)(=O)N2CCC(CNC[C@H](O)COc3ccc(O)cc3)CC2)cc1. The van der Waals surface area contributed by atoms with Crippen LogP contribution in [0, 0.1) is 11.8 Å². The number of sulfonamides is 1. The van der Waals surface area contributed by atoms with E-state index in [4.69, 9.17) is 4.74 Å². The molecule has 0 unspecified atom stereocenters. The summed E-state index contributed by atoms with van der Waals surface area (Å²) in [6.45, 7) is 6.60. The molecule has 1 fully saturated rings. The number of nitrogens with zero attached hydrogens (tertiary/aromatic N) is 1. The number of amides is 2. The standard InChI is InChI=1S/C26H38N4O6S/c1-19(2)15-28-26(33)29-21-3-9-25(10-4-21)37(34,35)30-13-11-20(12-14-30)16-27-17-23(32)18-36-24-7-5-22(31)6-8-24/h3-10,19-20,23,27,31-32H,11-18H2,1-2H3,(H2,28,29,33)/t23-/m0/s1. The number of ether oxygens (including phenoxy) is 1. The van der Waals surface area contributed by atoms with Crippen LogP contribution < -0.4 is 20.7 Å². The number of carbonyl (C=O) groups excluding carboxylic acids is 1. The van der Waals surface area contributed by atoms with Crippen LogP contribution in [0.5, 0.6) is 11.5 Å². The third-order valence-corrected chi connectivity index (χ3v) is 8.00. The zero-order chi connectivity index (χ0) is 26.8. The molecule has 11 heteroatoms. The molecule has 2 amide bonds. The van der Waals surface area contributed by atoms with Gasteiger partial charge in [0.2, 0.25) is 10.0 Å². The molecule has 0 aromatic heterocycles. The molecule has 2 aromatic rings. The lowest BCUT2D eigenvalue weighted by molar-refractivity contribution is 0.104. The molecule has 1 heterocycles. The van der Waals surface area contributed by atoms with E-state index < -0.39 is 16.1 Å². The minimum absolute atomic E-state index is 0.130. The van der Waals surface area contributed by atoms with Gasteiger partial charge in [-0.1, -0.05) is 13.8 Å². The number of carbonyl (C=O) groups is 1. The maximum atomic E-state index is 13.1. The van der Waals surface area contributed by atoms with Crippen LogP contribution in [0.4, 0.5) is 10.5 Å². The van der Waals surface area contributed by atoms with Crippen LogP contribution in [0.1, 0.15) is 26.7 Å². The first-order valence-electron chi connectivity index (χ1n) is 12.6. The number of aliphatic hydroxyl groups excluding tert-OH is 1. The quantitative estimate of drug-likeness (QED) is 0.282. The number of anilines is 1. The van der Waals surface area contributed by atoms with E-state index in [0.717, 1.165) is 12.8 Å². The first kappa shape index (κ1) is 28.7. The van der Waals surface area contributed by atoms with Gasteiger partial charge in [-0.15, -0.1) is 0 Å². The van der Waals surface area contributed by atoms with E-state index in [0.29, 0.717) is 56.0 Å². The lowest BCUT2D eigenvalue weighted by Gasteiger charge is -2.31. The summed E-state index contributed by atoms with van der Waals surface area (Å²) < 4.78 is 33.1. The number of hydrogen-bond donors (Lipinski definition) is 5. The fourth-order valence-corrected chi connectivity index (χ4v) is 5.40. The van der Waals surface area contributed by atoms with Gasteiger partial charge in [0.05, 0.1) is 4.90 Å². The van der Waals surface area contributed by atoms with Gasteiger partial charge in [-0.3, -0.25) is 0 Å². The van der Waals surface area contributed by atoms with Crippen molar-refractivity contribution in [2.24, 2.45) is 11.8 Å². The summed E-state index contributed by atoms with van der Waals surface area (Å²) in [5, 5.41) is 28.1. The van der Waals surface area contributed by atoms with Crippen LogP contribution in [-0.4, -0.2) is 74.4 Å². The minimum Gasteiger partial charge on any atom is -0.508 e. The van der Waals surface area contributed by atoms with Gasteiger partial charge in [-0.2, -0.15) is 4.31 Å². The van der Waals surface area contributed by atoms with Gasteiger partial charge in [0.1, 0.15) is 24.2 Å². The zero-order valence-electron chi connectivity index (χ0n) is 21.4. The number of hydrogen-bond acceptors (Lipinski definition) is 7.